The topological polar surface area (TPSA) is 42.5 Å². The molecule has 1 aliphatic heterocycles. The highest BCUT2D eigenvalue weighted by atomic mass is 32.1. The van der Waals surface area contributed by atoms with Gasteiger partial charge in [0.2, 0.25) is 0 Å². The normalized spacial score (nSPS) is 16.4. The highest BCUT2D eigenvalue weighted by Gasteiger charge is 2.19. The van der Waals surface area contributed by atoms with Crippen LogP contribution in [0.25, 0.3) is 21.8 Å². The van der Waals surface area contributed by atoms with Crippen LogP contribution in [0.4, 0.5) is 0 Å². The van der Waals surface area contributed by atoms with E-state index in [0.29, 0.717) is 5.75 Å². The number of aromatic hydroxyl groups is 1. The van der Waals surface area contributed by atoms with Crippen molar-refractivity contribution in [2.45, 2.75) is 13.1 Å². The molecule has 0 atom stereocenters. The van der Waals surface area contributed by atoms with Crippen molar-refractivity contribution in [1.82, 2.24) is 14.8 Å². The number of nitrogens with one attached hydrogen (secondary N) is 1. The minimum atomic E-state index is 0.384. The summed E-state index contributed by atoms with van der Waals surface area (Å²) in [6.45, 7) is 6.08. The zero-order valence-electron chi connectivity index (χ0n) is 15.2. The van der Waals surface area contributed by atoms with Gasteiger partial charge in [-0.15, -0.1) is 11.3 Å². The number of hydrogen-bond acceptors (Lipinski definition) is 4. The second kappa shape index (κ2) is 7.00. The molecular weight excluding hydrogens is 354 g/mol. The predicted molar refractivity (Wildman–Crippen MR) is 112 cm³/mol. The average molecular weight is 378 g/mol. The monoisotopic (exact) mass is 377 g/mol. The maximum Gasteiger partial charge on any atom is 0.122 e. The molecule has 2 aromatic heterocycles. The summed E-state index contributed by atoms with van der Waals surface area (Å²) in [6, 6.07) is 16.7. The Bertz CT molecular complexity index is 1060. The van der Waals surface area contributed by atoms with Crippen LogP contribution in [0.1, 0.15) is 10.4 Å². The van der Waals surface area contributed by atoms with Crippen molar-refractivity contribution in [2.75, 3.05) is 26.2 Å². The average Bonchev–Trinajstić information content (AvgIpc) is 3.31. The SMILES string of the molecule is Oc1cc2[nH]c3ccccc3c2cc1CN1CCN(Cc2cccs2)CC1. The minimum Gasteiger partial charge on any atom is -0.508 e. The lowest BCUT2D eigenvalue weighted by Gasteiger charge is -2.34. The van der Waals surface area contributed by atoms with Crippen molar-refractivity contribution in [3.05, 3.63) is 64.4 Å². The van der Waals surface area contributed by atoms with Gasteiger partial charge in [0.15, 0.2) is 0 Å². The van der Waals surface area contributed by atoms with Gasteiger partial charge in [0.05, 0.1) is 5.52 Å². The summed E-state index contributed by atoms with van der Waals surface area (Å²) >= 11 is 1.83. The van der Waals surface area contributed by atoms with Crippen LogP contribution in [0, 0.1) is 0 Å². The van der Waals surface area contributed by atoms with Gasteiger partial charge in [0.1, 0.15) is 5.75 Å². The van der Waals surface area contributed by atoms with E-state index < -0.39 is 0 Å². The third-order valence-electron chi connectivity index (χ3n) is 5.52. The van der Waals surface area contributed by atoms with Gasteiger partial charge in [0.25, 0.3) is 0 Å². The maximum absolute atomic E-state index is 10.5. The number of hydrogen-bond donors (Lipinski definition) is 2. The number of aromatic amines is 1. The number of H-pyrrole nitrogens is 1. The van der Waals surface area contributed by atoms with E-state index in [4.69, 9.17) is 0 Å². The first kappa shape index (κ1) is 16.8. The van der Waals surface area contributed by atoms with Crippen LogP contribution in [-0.4, -0.2) is 46.1 Å². The smallest absolute Gasteiger partial charge is 0.122 e. The van der Waals surface area contributed by atoms with Gasteiger partial charge in [-0.3, -0.25) is 9.80 Å². The van der Waals surface area contributed by atoms with Gasteiger partial charge in [-0.1, -0.05) is 24.3 Å². The summed E-state index contributed by atoms with van der Waals surface area (Å²) in [5.41, 5.74) is 3.13. The van der Waals surface area contributed by atoms with Crippen LogP contribution < -0.4 is 0 Å². The zero-order chi connectivity index (χ0) is 18.2. The lowest BCUT2D eigenvalue weighted by atomic mass is 10.1. The van der Waals surface area contributed by atoms with Crippen molar-refractivity contribution in [3.8, 4) is 5.75 Å². The zero-order valence-corrected chi connectivity index (χ0v) is 16.0. The Morgan fingerprint density at radius 3 is 2.41 bits per heavy atom. The van der Waals surface area contributed by atoms with E-state index in [0.717, 1.165) is 55.9 Å². The van der Waals surface area contributed by atoms with Crippen molar-refractivity contribution in [2.24, 2.45) is 0 Å². The molecule has 4 aromatic rings. The van der Waals surface area contributed by atoms with Crippen LogP contribution in [0.15, 0.2) is 53.9 Å². The van der Waals surface area contributed by atoms with Crippen LogP contribution in [0.3, 0.4) is 0 Å². The Kier molecular flexibility index (Phi) is 4.36. The van der Waals surface area contributed by atoms with Gasteiger partial charge < -0.3 is 10.1 Å². The fraction of sp³-hybridized carbons (Fsp3) is 0.273. The first-order chi connectivity index (χ1) is 13.3. The predicted octanol–water partition coefficient (Wildman–Crippen LogP) is 4.41. The van der Waals surface area contributed by atoms with Crippen molar-refractivity contribution >= 4 is 33.1 Å². The molecule has 27 heavy (non-hydrogen) atoms. The van der Waals surface area contributed by atoms with E-state index in [1.165, 1.54) is 15.6 Å². The van der Waals surface area contributed by atoms with Crippen molar-refractivity contribution in [1.29, 1.82) is 0 Å². The molecule has 0 amide bonds. The fourth-order valence-electron chi connectivity index (χ4n) is 4.03. The lowest BCUT2D eigenvalue weighted by molar-refractivity contribution is 0.122. The molecule has 5 heteroatoms. The fourth-order valence-corrected chi connectivity index (χ4v) is 4.77. The number of phenolic OH excluding ortho intramolecular Hbond substituents is 1. The summed E-state index contributed by atoms with van der Waals surface area (Å²) in [5.74, 6) is 0.384. The van der Waals surface area contributed by atoms with Gasteiger partial charge in [-0.25, -0.2) is 0 Å². The lowest BCUT2D eigenvalue weighted by Crippen LogP contribution is -2.45. The van der Waals surface area contributed by atoms with Gasteiger partial charge in [-0.2, -0.15) is 0 Å². The molecule has 0 bridgehead atoms. The first-order valence-corrected chi connectivity index (χ1v) is 10.3. The second-order valence-electron chi connectivity index (χ2n) is 7.33. The molecule has 4 nitrogen and oxygen atoms in total. The molecule has 2 aromatic carbocycles. The molecule has 3 heterocycles. The molecule has 0 aliphatic carbocycles. The van der Waals surface area contributed by atoms with Gasteiger partial charge >= 0.3 is 0 Å². The van der Waals surface area contributed by atoms with E-state index in [1.807, 2.05) is 23.5 Å². The maximum atomic E-state index is 10.5. The number of aromatic nitrogens is 1. The minimum absolute atomic E-state index is 0.384. The van der Waals surface area contributed by atoms with Crippen LogP contribution >= 0.6 is 11.3 Å². The molecule has 0 radical (unpaired) electrons. The molecule has 1 saturated heterocycles. The largest absolute Gasteiger partial charge is 0.508 e. The summed E-state index contributed by atoms with van der Waals surface area (Å²) in [7, 11) is 0. The Balaban J connectivity index is 1.31. The first-order valence-electron chi connectivity index (χ1n) is 9.46. The Morgan fingerprint density at radius 2 is 1.63 bits per heavy atom. The number of rotatable bonds is 4. The standard InChI is InChI=1S/C22H23N3OS/c26-22-13-21-19(18-5-1-2-6-20(18)23-21)12-16(22)14-24-7-9-25(10-8-24)15-17-4-3-11-27-17/h1-6,11-13,23,26H,7-10,14-15H2. The Morgan fingerprint density at radius 1 is 0.852 bits per heavy atom. The molecule has 1 aliphatic rings. The van der Waals surface area contributed by atoms with Gasteiger partial charge in [-0.05, 0) is 23.6 Å². The Hall–Kier alpha value is -2.34. The summed E-state index contributed by atoms with van der Waals surface area (Å²) in [6.07, 6.45) is 0. The van der Waals surface area contributed by atoms with Crippen LogP contribution in [0.2, 0.25) is 0 Å². The van der Waals surface area contributed by atoms with Crippen molar-refractivity contribution in [3.63, 3.8) is 0 Å². The molecule has 0 unspecified atom stereocenters. The second-order valence-corrected chi connectivity index (χ2v) is 8.36. The molecular formula is C22H23N3OS. The number of nitrogens with zero attached hydrogens (tertiary/aromatic N) is 2. The summed E-state index contributed by atoms with van der Waals surface area (Å²) in [5, 5.41) is 15.1. The highest BCUT2D eigenvalue weighted by Crippen LogP contribution is 2.31. The molecule has 5 rings (SSSR count). The molecule has 2 N–H and O–H groups in total. The van der Waals surface area contributed by atoms with E-state index in [2.05, 4.69) is 56.6 Å². The molecule has 0 saturated carbocycles. The summed E-state index contributed by atoms with van der Waals surface area (Å²) < 4.78 is 0. The van der Waals surface area contributed by atoms with Crippen LogP contribution in [-0.2, 0) is 13.1 Å². The third kappa shape index (κ3) is 3.34. The number of phenols is 1. The number of piperazine rings is 1. The highest BCUT2D eigenvalue weighted by molar-refractivity contribution is 7.09. The van der Waals surface area contributed by atoms with E-state index in [-0.39, 0.29) is 0 Å². The summed E-state index contributed by atoms with van der Waals surface area (Å²) in [4.78, 5) is 9.80. The number of thiophene rings is 1. The number of fused-ring (bicyclic) bond motifs is 3. The van der Waals surface area contributed by atoms with E-state index in [1.54, 1.807) is 0 Å². The van der Waals surface area contributed by atoms with E-state index in [9.17, 15) is 5.11 Å². The van der Waals surface area contributed by atoms with Crippen LogP contribution in [0.5, 0.6) is 5.75 Å². The molecule has 0 spiro atoms. The Labute approximate surface area is 162 Å². The quantitative estimate of drug-likeness (QED) is 0.554. The molecule has 138 valence electrons. The number of benzene rings is 2. The van der Waals surface area contributed by atoms with E-state index >= 15 is 0 Å². The molecule has 1 fully saturated rings. The van der Waals surface area contributed by atoms with Crippen molar-refractivity contribution < 1.29 is 5.11 Å². The number of para-hydroxylation sites is 1. The third-order valence-corrected chi connectivity index (χ3v) is 6.38. The van der Waals surface area contributed by atoms with Gasteiger partial charge in [0, 0.05) is 72.1 Å².